The highest BCUT2D eigenvalue weighted by Gasteiger charge is 2.09. The van der Waals surface area contributed by atoms with Gasteiger partial charge in [-0.2, -0.15) is 0 Å². The molecule has 0 aliphatic carbocycles. The van der Waals surface area contributed by atoms with E-state index in [4.69, 9.17) is 10.7 Å². The Balaban J connectivity index is 2.57. The van der Waals surface area contributed by atoms with Crippen LogP contribution in [-0.2, 0) is 20.3 Å². The van der Waals surface area contributed by atoms with E-state index in [0.29, 0.717) is 0 Å². The van der Waals surface area contributed by atoms with Gasteiger partial charge in [0, 0.05) is 23.6 Å². The van der Waals surface area contributed by atoms with Crippen molar-refractivity contribution in [1.29, 1.82) is 0 Å². The molecule has 4 nitrogen and oxygen atoms in total. The molecule has 0 fully saturated rings. The molecule has 1 N–H and O–H groups in total. The van der Waals surface area contributed by atoms with Crippen LogP contribution >= 0.6 is 10.7 Å². The summed E-state index contributed by atoms with van der Waals surface area (Å²) in [6.45, 7) is 3.41. The minimum Gasteiger partial charge on any atom is -0.354 e. The van der Waals surface area contributed by atoms with Gasteiger partial charge in [0.25, 0.3) is 9.05 Å². The van der Waals surface area contributed by atoms with E-state index in [1.54, 1.807) is 12.1 Å². The molecule has 1 atom stereocenters. The maximum atomic E-state index is 11.0. The lowest BCUT2D eigenvalue weighted by Crippen LogP contribution is -2.30. The van der Waals surface area contributed by atoms with Gasteiger partial charge in [-0.05, 0) is 37.5 Å². The van der Waals surface area contributed by atoms with Crippen LogP contribution in [0.4, 0.5) is 0 Å². The first-order valence-corrected chi connectivity index (χ1v) is 7.90. The third-order valence-electron chi connectivity index (χ3n) is 2.52. The summed E-state index contributed by atoms with van der Waals surface area (Å²) in [5, 5.41) is 2.79. The molecule has 0 aliphatic heterocycles. The van der Waals surface area contributed by atoms with Crippen molar-refractivity contribution < 1.29 is 13.2 Å². The molecule has 100 valence electrons. The van der Waals surface area contributed by atoms with Crippen LogP contribution in [0.3, 0.4) is 0 Å². The van der Waals surface area contributed by atoms with Gasteiger partial charge in [-0.25, -0.2) is 8.42 Å². The van der Waals surface area contributed by atoms with E-state index in [2.05, 4.69) is 5.32 Å². The Bertz CT molecular complexity index is 511. The minimum atomic E-state index is -3.65. The van der Waals surface area contributed by atoms with Crippen LogP contribution in [-0.4, -0.2) is 20.4 Å². The quantitative estimate of drug-likeness (QED) is 0.844. The molecule has 1 amide bonds. The molecular formula is C12H16ClNO3S. The molecular weight excluding hydrogens is 274 g/mol. The van der Waals surface area contributed by atoms with Gasteiger partial charge in [0.15, 0.2) is 0 Å². The maximum absolute atomic E-state index is 11.0. The third kappa shape index (κ3) is 5.06. The fraction of sp³-hybridized carbons (Fsp3) is 0.417. The lowest BCUT2D eigenvalue weighted by molar-refractivity contribution is -0.119. The highest BCUT2D eigenvalue weighted by Crippen LogP contribution is 2.16. The molecule has 1 aromatic carbocycles. The van der Waals surface area contributed by atoms with Crippen molar-refractivity contribution in [3.05, 3.63) is 29.8 Å². The number of carbonyl (C=O) groups is 1. The second kappa shape index (κ2) is 6.20. The summed E-state index contributed by atoms with van der Waals surface area (Å²) < 4.78 is 22.1. The number of hydrogen-bond acceptors (Lipinski definition) is 3. The van der Waals surface area contributed by atoms with E-state index in [0.717, 1.165) is 18.4 Å². The lowest BCUT2D eigenvalue weighted by atomic mass is 10.1. The first-order valence-electron chi connectivity index (χ1n) is 5.60. The summed E-state index contributed by atoms with van der Waals surface area (Å²) in [7, 11) is 1.57. The maximum Gasteiger partial charge on any atom is 0.261 e. The first kappa shape index (κ1) is 15.0. The number of aryl methyl sites for hydroxylation is 1. The smallest absolute Gasteiger partial charge is 0.261 e. The fourth-order valence-corrected chi connectivity index (χ4v) is 2.39. The molecule has 0 spiro atoms. The first-order chi connectivity index (χ1) is 8.29. The monoisotopic (exact) mass is 289 g/mol. The molecule has 0 bridgehead atoms. The molecule has 0 aromatic heterocycles. The van der Waals surface area contributed by atoms with E-state index in [-0.39, 0.29) is 16.8 Å². The second-order valence-electron chi connectivity index (χ2n) is 4.22. The molecule has 1 aromatic rings. The zero-order valence-corrected chi connectivity index (χ0v) is 11.9. The largest absolute Gasteiger partial charge is 0.354 e. The molecule has 6 heteroatoms. The summed E-state index contributed by atoms with van der Waals surface area (Å²) >= 11 is 0. The molecule has 18 heavy (non-hydrogen) atoms. The minimum absolute atomic E-state index is 0.0499. The van der Waals surface area contributed by atoms with Crippen LogP contribution in [0.25, 0.3) is 0 Å². The highest BCUT2D eigenvalue weighted by molar-refractivity contribution is 8.13. The number of rotatable bonds is 5. The third-order valence-corrected chi connectivity index (χ3v) is 3.89. The number of benzene rings is 1. The lowest BCUT2D eigenvalue weighted by Gasteiger charge is -2.12. The summed E-state index contributed by atoms with van der Waals surface area (Å²) in [4.78, 5) is 10.9. The molecule has 1 rings (SSSR count). The Hall–Kier alpha value is -1.07. The van der Waals surface area contributed by atoms with Crippen LogP contribution in [0.1, 0.15) is 25.8 Å². The number of carbonyl (C=O) groups excluding carboxylic acids is 1. The standard InChI is InChI=1S/C12H16ClNO3S/c1-9(14-10(2)15)3-4-11-5-7-12(8-6-11)18(13,16)17/h5-9H,3-4H2,1-2H3,(H,14,15). The van der Waals surface area contributed by atoms with Crippen molar-refractivity contribution in [2.24, 2.45) is 0 Å². The van der Waals surface area contributed by atoms with Gasteiger partial charge in [0.05, 0.1) is 4.90 Å². The topological polar surface area (TPSA) is 63.2 Å². The van der Waals surface area contributed by atoms with Crippen molar-refractivity contribution in [2.45, 2.75) is 37.6 Å². The van der Waals surface area contributed by atoms with Gasteiger partial charge in [0.1, 0.15) is 0 Å². The van der Waals surface area contributed by atoms with Crippen LogP contribution in [0.5, 0.6) is 0 Å². The number of amides is 1. The zero-order chi connectivity index (χ0) is 13.8. The Morgan fingerprint density at radius 3 is 2.33 bits per heavy atom. The average Bonchev–Trinajstić information content (AvgIpc) is 2.25. The van der Waals surface area contributed by atoms with Crippen molar-refractivity contribution in [1.82, 2.24) is 5.32 Å². The van der Waals surface area contributed by atoms with Gasteiger partial charge in [0.2, 0.25) is 5.91 Å². The number of hydrogen-bond donors (Lipinski definition) is 1. The van der Waals surface area contributed by atoms with Gasteiger partial charge in [-0.15, -0.1) is 0 Å². The predicted molar refractivity (Wildman–Crippen MR) is 71.1 cm³/mol. The van der Waals surface area contributed by atoms with Gasteiger partial charge in [-0.3, -0.25) is 4.79 Å². The van der Waals surface area contributed by atoms with E-state index in [9.17, 15) is 13.2 Å². The normalized spacial score (nSPS) is 13.1. The molecule has 0 saturated carbocycles. The Labute approximate surface area is 112 Å². The molecule has 0 aliphatic rings. The van der Waals surface area contributed by atoms with E-state index < -0.39 is 9.05 Å². The van der Waals surface area contributed by atoms with Crippen LogP contribution < -0.4 is 5.32 Å². The Morgan fingerprint density at radius 1 is 1.33 bits per heavy atom. The van der Waals surface area contributed by atoms with Crippen molar-refractivity contribution >= 4 is 25.6 Å². The predicted octanol–water partition coefficient (Wildman–Crippen LogP) is 2.07. The second-order valence-corrected chi connectivity index (χ2v) is 6.79. The van der Waals surface area contributed by atoms with Gasteiger partial charge in [-0.1, -0.05) is 12.1 Å². The highest BCUT2D eigenvalue weighted by atomic mass is 35.7. The van der Waals surface area contributed by atoms with Crippen molar-refractivity contribution in [2.75, 3.05) is 0 Å². The summed E-state index contributed by atoms with van der Waals surface area (Å²) in [5.41, 5.74) is 1.01. The van der Waals surface area contributed by atoms with E-state index in [1.807, 2.05) is 6.92 Å². The van der Waals surface area contributed by atoms with Crippen molar-refractivity contribution in [3.63, 3.8) is 0 Å². The fourth-order valence-electron chi connectivity index (χ4n) is 1.62. The summed E-state index contributed by atoms with van der Waals surface area (Å²) in [5.74, 6) is -0.0499. The van der Waals surface area contributed by atoms with Crippen molar-refractivity contribution in [3.8, 4) is 0 Å². The molecule has 0 saturated heterocycles. The number of halogens is 1. The SMILES string of the molecule is CC(=O)NC(C)CCc1ccc(S(=O)(=O)Cl)cc1. The molecule has 0 heterocycles. The van der Waals surface area contributed by atoms with Gasteiger partial charge < -0.3 is 5.32 Å². The van der Waals surface area contributed by atoms with Gasteiger partial charge >= 0.3 is 0 Å². The van der Waals surface area contributed by atoms with Crippen LogP contribution in [0.15, 0.2) is 29.2 Å². The van der Waals surface area contributed by atoms with Crippen LogP contribution in [0, 0.1) is 0 Å². The zero-order valence-electron chi connectivity index (χ0n) is 10.3. The summed E-state index contributed by atoms with van der Waals surface area (Å²) in [6, 6.07) is 6.53. The Morgan fingerprint density at radius 2 is 1.89 bits per heavy atom. The Kier molecular flexibility index (Phi) is 5.16. The average molecular weight is 290 g/mol. The van der Waals surface area contributed by atoms with E-state index in [1.165, 1.54) is 19.1 Å². The molecule has 0 radical (unpaired) electrons. The number of nitrogens with one attached hydrogen (secondary N) is 1. The molecule has 1 unspecified atom stereocenters. The van der Waals surface area contributed by atoms with Crippen LogP contribution in [0.2, 0.25) is 0 Å². The van der Waals surface area contributed by atoms with E-state index >= 15 is 0 Å². The summed E-state index contributed by atoms with van der Waals surface area (Å²) in [6.07, 6.45) is 1.57.